The number of halogens is 3. The number of nitrogens with zero attached hydrogens (tertiary/aromatic N) is 2. The minimum atomic E-state index is -4.67. The Morgan fingerprint density at radius 1 is 1.50 bits per heavy atom. The molecule has 0 aliphatic rings. The molecule has 0 aliphatic heterocycles. The highest BCUT2D eigenvalue weighted by Crippen LogP contribution is 2.19. The minimum absolute atomic E-state index is 0.516. The molecule has 0 aromatic carbocycles. The summed E-state index contributed by atoms with van der Waals surface area (Å²) < 4.78 is 43.9. The van der Waals surface area contributed by atoms with Crippen molar-refractivity contribution in [3.63, 3.8) is 0 Å². The van der Waals surface area contributed by atoms with Crippen molar-refractivity contribution in [2.75, 3.05) is 0 Å². The largest absolute Gasteiger partial charge is 0.574 e. The maximum atomic E-state index is 11.3. The minimum Gasteiger partial charge on any atom is -0.385 e. The van der Waals surface area contributed by atoms with Gasteiger partial charge in [-0.15, -0.1) is 17.5 Å². The van der Waals surface area contributed by atoms with Gasteiger partial charge in [0.25, 0.3) is 5.88 Å². The first-order valence-electron chi connectivity index (χ1n) is 2.11. The Bertz CT molecular complexity index is 196. The summed E-state index contributed by atoms with van der Waals surface area (Å²) in [5, 5.41) is 0. The normalized spacial score (nSPS) is 11.5. The SMILES string of the molecule is FC(F)(F)Oc1cnsn1. The van der Waals surface area contributed by atoms with Crippen molar-refractivity contribution in [1.82, 2.24) is 8.75 Å². The predicted octanol–water partition coefficient (Wildman–Crippen LogP) is 1.44. The van der Waals surface area contributed by atoms with Gasteiger partial charge in [-0.2, -0.15) is 4.37 Å². The first-order valence-corrected chi connectivity index (χ1v) is 2.84. The summed E-state index contributed by atoms with van der Waals surface area (Å²) in [4.78, 5) is 0. The summed E-state index contributed by atoms with van der Waals surface area (Å²) in [7, 11) is 0. The van der Waals surface area contributed by atoms with E-state index in [0.29, 0.717) is 11.7 Å². The molecule has 0 saturated carbocycles. The van der Waals surface area contributed by atoms with Gasteiger partial charge < -0.3 is 4.74 Å². The molecule has 0 amide bonds. The topological polar surface area (TPSA) is 35.0 Å². The average molecular weight is 170 g/mol. The van der Waals surface area contributed by atoms with Crippen LogP contribution in [0.2, 0.25) is 0 Å². The Kier molecular flexibility index (Phi) is 1.75. The van der Waals surface area contributed by atoms with Crippen LogP contribution in [0.25, 0.3) is 0 Å². The van der Waals surface area contributed by atoms with Gasteiger partial charge >= 0.3 is 6.36 Å². The molecule has 0 spiro atoms. The number of hydrogen-bond acceptors (Lipinski definition) is 4. The Labute approximate surface area is 57.8 Å². The van der Waals surface area contributed by atoms with Crippen LogP contribution in [0.15, 0.2) is 6.20 Å². The van der Waals surface area contributed by atoms with E-state index in [-0.39, 0.29) is 0 Å². The zero-order chi connectivity index (χ0) is 7.61. The average Bonchev–Trinajstić information content (AvgIpc) is 2.12. The molecular weight excluding hydrogens is 169 g/mol. The second-order valence-corrected chi connectivity index (χ2v) is 1.85. The number of alkyl halides is 3. The molecule has 0 N–H and O–H groups in total. The van der Waals surface area contributed by atoms with Crippen LogP contribution in [0.4, 0.5) is 13.2 Å². The van der Waals surface area contributed by atoms with Crippen LogP contribution in [0.3, 0.4) is 0 Å². The molecule has 0 aliphatic carbocycles. The van der Waals surface area contributed by atoms with Crippen LogP contribution >= 0.6 is 11.7 Å². The summed E-state index contributed by atoms with van der Waals surface area (Å²) in [5.74, 6) is -0.516. The summed E-state index contributed by atoms with van der Waals surface area (Å²) in [6, 6.07) is 0. The van der Waals surface area contributed by atoms with Gasteiger partial charge in [-0.3, -0.25) is 0 Å². The lowest BCUT2D eigenvalue weighted by molar-refractivity contribution is -0.275. The van der Waals surface area contributed by atoms with E-state index in [9.17, 15) is 13.2 Å². The third-order valence-electron chi connectivity index (χ3n) is 0.561. The standard InChI is InChI=1S/C3HF3N2OS/c4-3(5,6)9-2-1-7-10-8-2/h1H. The molecule has 1 aromatic rings. The number of rotatable bonds is 1. The van der Waals surface area contributed by atoms with Gasteiger partial charge in [0.05, 0.1) is 11.7 Å². The first-order chi connectivity index (χ1) is 4.58. The van der Waals surface area contributed by atoms with Gasteiger partial charge in [0, 0.05) is 0 Å². The van der Waals surface area contributed by atoms with Crippen molar-refractivity contribution >= 4 is 11.7 Å². The monoisotopic (exact) mass is 170 g/mol. The summed E-state index contributed by atoms with van der Waals surface area (Å²) >= 11 is 0.655. The number of hydrogen-bond donors (Lipinski definition) is 0. The summed E-state index contributed by atoms with van der Waals surface area (Å²) in [6.07, 6.45) is -3.77. The van der Waals surface area contributed by atoms with E-state index >= 15 is 0 Å². The van der Waals surface area contributed by atoms with Crippen LogP contribution in [-0.4, -0.2) is 15.1 Å². The highest BCUT2D eigenvalue weighted by molar-refractivity contribution is 6.99. The molecule has 1 aromatic heterocycles. The van der Waals surface area contributed by atoms with Crippen molar-refractivity contribution in [1.29, 1.82) is 0 Å². The van der Waals surface area contributed by atoms with Crippen LogP contribution < -0.4 is 4.74 Å². The molecule has 3 nitrogen and oxygen atoms in total. The van der Waals surface area contributed by atoms with Crippen LogP contribution in [0.5, 0.6) is 5.88 Å². The molecule has 1 heterocycles. The second-order valence-electron chi connectivity index (χ2n) is 1.29. The quantitative estimate of drug-likeness (QED) is 0.639. The molecule has 0 bridgehead atoms. The molecule has 7 heteroatoms. The van der Waals surface area contributed by atoms with Gasteiger partial charge in [-0.1, -0.05) is 0 Å². The van der Waals surface area contributed by atoms with Crippen LogP contribution in [-0.2, 0) is 0 Å². The van der Waals surface area contributed by atoms with E-state index in [1.165, 1.54) is 0 Å². The molecule has 56 valence electrons. The molecular formula is C3HF3N2OS. The fourth-order valence-electron chi connectivity index (χ4n) is 0.320. The fourth-order valence-corrected chi connectivity index (χ4v) is 0.669. The Balaban J connectivity index is 2.57. The lowest BCUT2D eigenvalue weighted by Gasteiger charge is -2.02. The number of aromatic nitrogens is 2. The van der Waals surface area contributed by atoms with Gasteiger partial charge in [0.1, 0.15) is 6.20 Å². The van der Waals surface area contributed by atoms with E-state index in [1.54, 1.807) is 0 Å². The van der Waals surface area contributed by atoms with Crippen LogP contribution in [0, 0.1) is 0 Å². The van der Waals surface area contributed by atoms with Crippen molar-refractivity contribution in [3.05, 3.63) is 6.20 Å². The molecule has 0 unspecified atom stereocenters. The van der Waals surface area contributed by atoms with E-state index in [1.807, 2.05) is 0 Å². The van der Waals surface area contributed by atoms with Crippen molar-refractivity contribution in [3.8, 4) is 5.88 Å². The second kappa shape index (κ2) is 2.41. The van der Waals surface area contributed by atoms with Crippen molar-refractivity contribution in [2.45, 2.75) is 6.36 Å². The van der Waals surface area contributed by atoms with Gasteiger partial charge in [-0.05, 0) is 0 Å². The molecule has 1 rings (SSSR count). The molecule has 0 fully saturated rings. The summed E-state index contributed by atoms with van der Waals surface area (Å²) in [5.41, 5.74) is 0. The highest BCUT2D eigenvalue weighted by Gasteiger charge is 2.32. The Morgan fingerprint density at radius 3 is 2.60 bits per heavy atom. The van der Waals surface area contributed by atoms with Crippen molar-refractivity contribution in [2.24, 2.45) is 0 Å². The van der Waals surface area contributed by atoms with E-state index in [0.717, 1.165) is 6.20 Å². The van der Waals surface area contributed by atoms with E-state index in [2.05, 4.69) is 13.5 Å². The maximum Gasteiger partial charge on any atom is 0.574 e. The molecule has 10 heavy (non-hydrogen) atoms. The van der Waals surface area contributed by atoms with Gasteiger partial charge in [0.2, 0.25) is 0 Å². The van der Waals surface area contributed by atoms with Crippen molar-refractivity contribution < 1.29 is 17.9 Å². The summed E-state index contributed by atoms with van der Waals surface area (Å²) in [6.45, 7) is 0. The molecule has 0 saturated heterocycles. The Morgan fingerprint density at radius 2 is 2.20 bits per heavy atom. The maximum absolute atomic E-state index is 11.3. The third-order valence-corrected chi connectivity index (χ3v) is 1.02. The third kappa shape index (κ3) is 2.18. The zero-order valence-electron chi connectivity index (χ0n) is 4.42. The van der Waals surface area contributed by atoms with Crippen LogP contribution in [0.1, 0.15) is 0 Å². The first kappa shape index (κ1) is 7.26. The Hall–Kier alpha value is -0.850. The highest BCUT2D eigenvalue weighted by atomic mass is 32.1. The zero-order valence-corrected chi connectivity index (χ0v) is 5.24. The van der Waals surface area contributed by atoms with Gasteiger partial charge in [-0.25, -0.2) is 0 Å². The van der Waals surface area contributed by atoms with E-state index in [4.69, 9.17) is 0 Å². The van der Waals surface area contributed by atoms with E-state index < -0.39 is 12.2 Å². The predicted molar refractivity (Wildman–Crippen MR) is 26.6 cm³/mol. The lowest BCUT2D eigenvalue weighted by atomic mass is 10.8. The molecule has 0 radical (unpaired) electrons. The smallest absolute Gasteiger partial charge is 0.385 e. The fraction of sp³-hybridized carbons (Fsp3) is 0.333. The lowest BCUT2D eigenvalue weighted by Crippen LogP contribution is -2.17. The number of ether oxygens (including phenoxy) is 1. The van der Waals surface area contributed by atoms with Gasteiger partial charge in [0.15, 0.2) is 0 Å². The molecule has 0 atom stereocenters.